The molecule has 0 aliphatic carbocycles. The minimum Gasteiger partial charge on any atom is -0.456 e. The molecule has 0 aromatic rings. The predicted molar refractivity (Wildman–Crippen MR) is 332 cm³/mol. The molecule has 9 nitrogen and oxygen atoms in total. The number of likely N-dealkylation sites (N-methyl/N-ethyl adjacent to an activating group) is 1. The second kappa shape index (κ2) is 55.5. The number of phosphoric acid groups is 1. The van der Waals surface area contributed by atoms with Crippen molar-refractivity contribution in [3.63, 3.8) is 0 Å². The van der Waals surface area contributed by atoms with Crippen molar-refractivity contribution in [1.82, 2.24) is 5.32 Å². The molecule has 1 amide bonds. The highest BCUT2D eigenvalue weighted by atomic mass is 31.2. The summed E-state index contributed by atoms with van der Waals surface area (Å²) in [6.07, 6.45) is 78.8. The zero-order chi connectivity index (χ0) is 56.4. The van der Waals surface area contributed by atoms with E-state index in [1.54, 1.807) is 0 Å². The number of nitrogens with one attached hydrogen (secondary N) is 1. The second-order valence-electron chi connectivity index (χ2n) is 21.1. The standard InChI is InChI=1S/C67H113N2O7P/c1-7-10-13-16-19-22-25-27-29-31-33-34-36-38-40-42-45-48-51-54-57-60-67(71)76-65(58-55-52-49-46-43-24-21-18-15-12-9-3)64(63-75-77(72,73)74-62-61-69(4,5)6)68-66(70)59-56-53-50-47-44-41-39-37-35-32-30-28-26-23-20-17-14-11-8-2/h10-11,13-14,19-20,22-23,27-30,33-35,37-38,40-41,44,55,58,64-65H,7-9,12,15-18,21,24-26,31-32,36,39,42-43,45-54,56-57,59-63H2,1-6H3,(H-,68,70,72,73)/p+1/b13-10-,14-11-,22-19-,23-20-,29-27-,30-28-,34-33-,37-35-,40-38-,44-41-,58-55+. The van der Waals surface area contributed by atoms with Crippen molar-refractivity contribution in [2.45, 2.75) is 238 Å². The Morgan fingerprint density at radius 2 is 0.831 bits per heavy atom. The number of allylic oxidation sites excluding steroid dienone is 21. The van der Waals surface area contributed by atoms with Crippen molar-refractivity contribution in [3.8, 4) is 0 Å². The molecule has 0 rings (SSSR count). The Morgan fingerprint density at radius 3 is 1.26 bits per heavy atom. The van der Waals surface area contributed by atoms with Gasteiger partial charge in [-0.2, -0.15) is 0 Å². The summed E-state index contributed by atoms with van der Waals surface area (Å²) in [5.74, 6) is -0.577. The number of esters is 1. The van der Waals surface area contributed by atoms with Crippen LogP contribution in [0.25, 0.3) is 0 Å². The number of hydrogen-bond acceptors (Lipinski definition) is 6. The van der Waals surface area contributed by atoms with E-state index in [-0.39, 0.29) is 37.9 Å². The molecule has 0 aliphatic heterocycles. The van der Waals surface area contributed by atoms with Crippen LogP contribution in [0.4, 0.5) is 0 Å². The number of hydrogen-bond donors (Lipinski definition) is 2. The molecule has 0 spiro atoms. The van der Waals surface area contributed by atoms with Crippen LogP contribution in [0.15, 0.2) is 134 Å². The lowest BCUT2D eigenvalue weighted by Crippen LogP contribution is -2.47. The number of quaternary nitrogens is 1. The molecule has 77 heavy (non-hydrogen) atoms. The molecule has 10 heteroatoms. The van der Waals surface area contributed by atoms with Crippen LogP contribution in [-0.2, 0) is 27.9 Å². The monoisotopic (exact) mass is 1090 g/mol. The topological polar surface area (TPSA) is 111 Å². The fourth-order valence-corrected chi connectivity index (χ4v) is 8.67. The summed E-state index contributed by atoms with van der Waals surface area (Å²) in [4.78, 5) is 37.7. The lowest BCUT2D eigenvalue weighted by Gasteiger charge is -2.27. The lowest BCUT2D eigenvalue weighted by molar-refractivity contribution is -0.870. The first-order valence-corrected chi connectivity index (χ1v) is 32.0. The van der Waals surface area contributed by atoms with E-state index in [0.29, 0.717) is 23.9 Å². The first-order chi connectivity index (χ1) is 37.4. The molecular weight excluding hydrogens is 976 g/mol. The van der Waals surface area contributed by atoms with E-state index in [1.165, 1.54) is 44.9 Å². The van der Waals surface area contributed by atoms with Crippen molar-refractivity contribution in [1.29, 1.82) is 0 Å². The minimum atomic E-state index is -4.47. The first-order valence-electron chi connectivity index (χ1n) is 30.5. The van der Waals surface area contributed by atoms with Gasteiger partial charge >= 0.3 is 13.8 Å². The maximum Gasteiger partial charge on any atom is 0.472 e. The highest BCUT2D eigenvalue weighted by Gasteiger charge is 2.30. The molecule has 3 atom stereocenters. The van der Waals surface area contributed by atoms with Gasteiger partial charge in [0.1, 0.15) is 19.3 Å². The molecule has 0 heterocycles. The highest BCUT2D eigenvalue weighted by Crippen LogP contribution is 2.43. The molecule has 0 aromatic carbocycles. The van der Waals surface area contributed by atoms with E-state index in [9.17, 15) is 19.0 Å². The Balaban J connectivity index is 5.35. The lowest BCUT2D eigenvalue weighted by atomic mass is 10.1. The van der Waals surface area contributed by atoms with E-state index in [4.69, 9.17) is 13.8 Å². The maximum atomic E-state index is 13.5. The second-order valence-corrected chi connectivity index (χ2v) is 22.6. The molecule has 0 radical (unpaired) electrons. The third-order valence-electron chi connectivity index (χ3n) is 12.6. The van der Waals surface area contributed by atoms with Crippen LogP contribution in [-0.4, -0.2) is 74.3 Å². The number of amides is 1. The Labute approximate surface area is 473 Å². The van der Waals surface area contributed by atoms with Gasteiger partial charge in [-0.3, -0.25) is 18.6 Å². The van der Waals surface area contributed by atoms with Gasteiger partial charge in [-0.15, -0.1) is 0 Å². The summed E-state index contributed by atoms with van der Waals surface area (Å²) < 4.78 is 30.6. The van der Waals surface area contributed by atoms with E-state index >= 15 is 0 Å². The third kappa shape index (κ3) is 56.7. The van der Waals surface area contributed by atoms with Crippen LogP contribution < -0.4 is 5.32 Å². The zero-order valence-electron chi connectivity index (χ0n) is 49.9. The van der Waals surface area contributed by atoms with Gasteiger partial charge in [0.05, 0.1) is 33.8 Å². The highest BCUT2D eigenvalue weighted by molar-refractivity contribution is 7.47. The summed E-state index contributed by atoms with van der Waals surface area (Å²) in [6.45, 7) is 6.71. The van der Waals surface area contributed by atoms with E-state index < -0.39 is 20.0 Å². The summed E-state index contributed by atoms with van der Waals surface area (Å²) in [7, 11) is 1.44. The van der Waals surface area contributed by atoms with Gasteiger partial charge in [0.2, 0.25) is 5.91 Å². The summed E-state index contributed by atoms with van der Waals surface area (Å²) in [5, 5.41) is 3.02. The molecule has 3 unspecified atom stereocenters. The molecule has 0 aliphatic rings. The van der Waals surface area contributed by atoms with Crippen LogP contribution in [0.1, 0.15) is 226 Å². The van der Waals surface area contributed by atoms with Crippen LogP contribution >= 0.6 is 7.82 Å². The van der Waals surface area contributed by atoms with Crippen molar-refractivity contribution >= 4 is 19.7 Å². The predicted octanol–water partition coefficient (Wildman–Crippen LogP) is 18.9. The molecule has 438 valence electrons. The van der Waals surface area contributed by atoms with Crippen LogP contribution in [0, 0.1) is 0 Å². The molecule has 0 saturated heterocycles. The smallest absolute Gasteiger partial charge is 0.456 e. The van der Waals surface area contributed by atoms with E-state index in [1.807, 2.05) is 33.3 Å². The van der Waals surface area contributed by atoms with Crippen molar-refractivity contribution < 1.29 is 37.3 Å². The zero-order valence-corrected chi connectivity index (χ0v) is 50.8. The van der Waals surface area contributed by atoms with E-state index in [2.05, 4.69) is 148 Å². The Hall–Kier alpha value is -3.85. The number of phosphoric ester groups is 1. The van der Waals surface area contributed by atoms with Gasteiger partial charge in [0.25, 0.3) is 0 Å². The van der Waals surface area contributed by atoms with Gasteiger partial charge in [-0.25, -0.2) is 4.57 Å². The number of carbonyl (C=O) groups is 2. The largest absolute Gasteiger partial charge is 0.472 e. The first kappa shape index (κ1) is 73.2. The van der Waals surface area contributed by atoms with Crippen LogP contribution in [0.3, 0.4) is 0 Å². The fourth-order valence-electron chi connectivity index (χ4n) is 7.93. The van der Waals surface area contributed by atoms with Crippen molar-refractivity contribution in [2.24, 2.45) is 0 Å². The normalized spacial score (nSPS) is 14.6. The van der Waals surface area contributed by atoms with Crippen molar-refractivity contribution in [3.05, 3.63) is 134 Å². The SMILES string of the molecule is CC/C=C\C/C=C\C/C=C\C/C=C\C/C=C\CCCCCCCC(=O)OC(/C=C/CCCCCCCCCCC)C(COP(=O)(O)OCC[N+](C)(C)C)NC(=O)CCCCC/C=C\C/C=C\C/C=C\C/C=C\C/C=C\CC. The average molecular weight is 1090 g/mol. The molecule has 0 saturated carbocycles. The number of nitrogens with zero attached hydrogens (tertiary/aromatic N) is 1. The number of rotatable bonds is 53. The van der Waals surface area contributed by atoms with Crippen molar-refractivity contribution in [2.75, 3.05) is 40.9 Å². The van der Waals surface area contributed by atoms with Gasteiger partial charge in [0.15, 0.2) is 0 Å². The molecule has 0 bridgehead atoms. The molecule has 2 N–H and O–H groups in total. The quantitative estimate of drug-likeness (QED) is 0.0205. The Kier molecular flexibility index (Phi) is 52.7. The number of unbranched alkanes of at least 4 members (excludes halogenated alkanes) is 17. The maximum absolute atomic E-state index is 13.5. The van der Waals surface area contributed by atoms with Crippen LogP contribution in [0.5, 0.6) is 0 Å². The Morgan fingerprint density at radius 1 is 0.468 bits per heavy atom. The molecule has 0 fully saturated rings. The molecular formula is C67H114N2O7P+. The third-order valence-corrected chi connectivity index (χ3v) is 13.6. The number of ether oxygens (including phenoxy) is 1. The van der Waals surface area contributed by atoms with E-state index in [0.717, 1.165) is 135 Å². The summed E-state index contributed by atoms with van der Waals surface area (Å²) in [5.41, 5.74) is 0. The average Bonchev–Trinajstić information content (AvgIpc) is 3.39. The van der Waals surface area contributed by atoms with Gasteiger partial charge in [-0.1, -0.05) is 225 Å². The summed E-state index contributed by atoms with van der Waals surface area (Å²) in [6, 6.07) is -0.884. The number of carbonyl (C=O) groups excluding carboxylic acids is 2. The van der Waals surface area contributed by atoms with Crippen LogP contribution in [0.2, 0.25) is 0 Å². The van der Waals surface area contributed by atoms with Gasteiger partial charge in [0, 0.05) is 12.8 Å². The van der Waals surface area contributed by atoms with Gasteiger partial charge < -0.3 is 19.4 Å². The van der Waals surface area contributed by atoms with Gasteiger partial charge in [-0.05, 0) is 122 Å². The summed E-state index contributed by atoms with van der Waals surface area (Å²) >= 11 is 0. The molecule has 0 aromatic heterocycles. The minimum absolute atomic E-state index is 0.0222. The Bertz CT molecular complexity index is 1780. The fraction of sp³-hybridized carbons (Fsp3) is 0.642.